The molecule has 10 heteroatoms. The molecule has 0 saturated heterocycles. The van der Waals surface area contributed by atoms with E-state index in [0.29, 0.717) is 11.5 Å². The first kappa shape index (κ1) is 23.4. The lowest BCUT2D eigenvalue weighted by atomic mass is 10.2. The van der Waals surface area contributed by atoms with E-state index in [-0.39, 0.29) is 12.3 Å². The molecular weight excluding hydrogens is 418 g/mol. The zero-order valence-corrected chi connectivity index (χ0v) is 17.9. The second-order valence-corrected chi connectivity index (χ2v) is 8.56. The molecule has 1 N–H and O–H groups in total. The fourth-order valence-electron chi connectivity index (χ4n) is 2.79. The van der Waals surface area contributed by atoms with Gasteiger partial charge < -0.3 is 14.8 Å². The number of halogens is 2. The number of carbonyl (C=O) groups is 1. The van der Waals surface area contributed by atoms with Gasteiger partial charge in [-0.1, -0.05) is 12.1 Å². The Kier molecular flexibility index (Phi) is 7.60. The third-order valence-corrected chi connectivity index (χ3v) is 5.43. The number of rotatable bonds is 9. The number of sulfonamides is 1. The van der Waals surface area contributed by atoms with Gasteiger partial charge in [0.25, 0.3) is 0 Å². The number of nitrogens with zero attached hydrogens (tertiary/aromatic N) is 1. The van der Waals surface area contributed by atoms with Gasteiger partial charge in [-0.25, -0.2) is 17.2 Å². The predicted octanol–water partition coefficient (Wildman–Crippen LogP) is 2.71. The maximum Gasteiger partial charge on any atom is 0.243 e. The highest BCUT2D eigenvalue weighted by atomic mass is 32.2. The monoisotopic (exact) mass is 442 g/mol. The molecule has 0 bridgehead atoms. The van der Waals surface area contributed by atoms with E-state index >= 15 is 0 Å². The van der Waals surface area contributed by atoms with E-state index in [0.717, 1.165) is 28.8 Å². The van der Waals surface area contributed by atoms with E-state index in [9.17, 15) is 22.0 Å². The molecule has 2 aromatic carbocycles. The Hall–Kier alpha value is -2.88. The Balaban J connectivity index is 2.10. The number of nitrogens with one attached hydrogen (secondary N) is 1. The number of methoxy groups -OCH3 is 1. The molecule has 0 saturated carbocycles. The first-order valence-electron chi connectivity index (χ1n) is 9.05. The van der Waals surface area contributed by atoms with Crippen LogP contribution in [0.15, 0.2) is 42.5 Å². The lowest BCUT2D eigenvalue weighted by Crippen LogP contribution is -2.50. The van der Waals surface area contributed by atoms with Crippen molar-refractivity contribution in [1.29, 1.82) is 0 Å². The number of para-hydroxylation sites is 2. The maximum absolute atomic E-state index is 13.6. The molecule has 0 aliphatic heterocycles. The summed E-state index contributed by atoms with van der Waals surface area (Å²) in [4.78, 5) is 12.6. The van der Waals surface area contributed by atoms with Crippen LogP contribution in [-0.2, 0) is 14.8 Å². The van der Waals surface area contributed by atoms with Crippen molar-refractivity contribution in [2.75, 3.05) is 24.3 Å². The maximum atomic E-state index is 13.6. The SMILES string of the molecule is COc1ccccc1OC[C@@H](C)NC(=O)[C@H](C)N(c1ccc(F)c(F)c1)S(C)(=O)=O. The van der Waals surface area contributed by atoms with E-state index in [1.54, 1.807) is 31.2 Å². The van der Waals surface area contributed by atoms with Gasteiger partial charge in [0.1, 0.15) is 12.6 Å². The molecule has 30 heavy (non-hydrogen) atoms. The van der Waals surface area contributed by atoms with Crippen LogP contribution in [0.5, 0.6) is 11.5 Å². The van der Waals surface area contributed by atoms with Gasteiger partial charge in [0, 0.05) is 6.07 Å². The van der Waals surface area contributed by atoms with Crippen molar-refractivity contribution in [3.05, 3.63) is 54.1 Å². The number of ether oxygens (including phenoxy) is 2. The molecular formula is C20H24F2N2O5S. The Morgan fingerprint density at radius 1 is 1.10 bits per heavy atom. The minimum Gasteiger partial charge on any atom is -0.493 e. The van der Waals surface area contributed by atoms with Crippen molar-refractivity contribution in [2.24, 2.45) is 0 Å². The molecule has 2 rings (SSSR count). The van der Waals surface area contributed by atoms with Crippen molar-refractivity contribution < 1.29 is 31.5 Å². The molecule has 0 aliphatic rings. The molecule has 2 atom stereocenters. The highest BCUT2D eigenvalue weighted by molar-refractivity contribution is 7.92. The molecule has 2 aromatic rings. The average Bonchev–Trinajstić information content (AvgIpc) is 2.68. The van der Waals surface area contributed by atoms with Crippen LogP contribution in [0.4, 0.5) is 14.5 Å². The van der Waals surface area contributed by atoms with Crippen molar-refractivity contribution in [2.45, 2.75) is 25.9 Å². The molecule has 0 unspecified atom stereocenters. The fourth-order valence-corrected chi connectivity index (χ4v) is 3.96. The molecule has 0 aromatic heterocycles. The molecule has 7 nitrogen and oxygen atoms in total. The number of amides is 1. The molecule has 1 amide bonds. The second-order valence-electron chi connectivity index (χ2n) is 6.70. The van der Waals surface area contributed by atoms with Crippen LogP contribution < -0.4 is 19.1 Å². The Morgan fingerprint density at radius 3 is 2.30 bits per heavy atom. The van der Waals surface area contributed by atoms with Crippen LogP contribution in [0.2, 0.25) is 0 Å². The molecule has 0 radical (unpaired) electrons. The largest absolute Gasteiger partial charge is 0.493 e. The summed E-state index contributed by atoms with van der Waals surface area (Å²) < 4.78 is 62.9. The van der Waals surface area contributed by atoms with Gasteiger partial charge in [-0.3, -0.25) is 9.10 Å². The first-order valence-corrected chi connectivity index (χ1v) is 10.9. The standard InChI is InChI=1S/C20H24F2N2O5S/c1-13(12-29-19-8-6-5-7-18(19)28-3)23-20(25)14(2)24(30(4,26)27)15-9-10-16(21)17(22)11-15/h5-11,13-14H,12H2,1-4H3,(H,23,25)/t13-,14+/m1/s1. The third kappa shape index (κ3) is 5.82. The van der Waals surface area contributed by atoms with E-state index in [1.165, 1.54) is 14.0 Å². The summed E-state index contributed by atoms with van der Waals surface area (Å²) in [6.07, 6.45) is 0.881. The number of benzene rings is 2. The van der Waals surface area contributed by atoms with Gasteiger partial charge in [-0.05, 0) is 38.1 Å². The quantitative estimate of drug-likeness (QED) is 0.646. The number of hydrogen-bond donors (Lipinski definition) is 1. The van der Waals surface area contributed by atoms with Gasteiger partial charge >= 0.3 is 0 Å². The van der Waals surface area contributed by atoms with Gasteiger partial charge in [-0.2, -0.15) is 0 Å². The van der Waals surface area contributed by atoms with Gasteiger partial charge in [-0.15, -0.1) is 0 Å². The zero-order valence-electron chi connectivity index (χ0n) is 17.1. The first-order chi connectivity index (χ1) is 14.0. The highest BCUT2D eigenvalue weighted by Crippen LogP contribution is 2.26. The number of carbonyl (C=O) groups excluding carboxylic acids is 1. The van der Waals surface area contributed by atoms with Crippen molar-refractivity contribution in [1.82, 2.24) is 5.32 Å². The van der Waals surface area contributed by atoms with E-state index in [2.05, 4.69) is 5.32 Å². The minimum atomic E-state index is -3.96. The summed E-state index contributed by atoms with van der Waals surface area (Å²) in [5, 5.41) is 2.66. The Labute approximate surface area is 174 Å². The Bertz CT molecular complexity index is 1000. The predicted molar refractivity (Wildman–Crippen MR) is 109 cm³/mol. The van der Waals surface area contributed by atoms with Crippen molar-refractivity contribution in [3.8, 4) is 11.5 Å². The average molecular weight is 442 g/mol. The van der Waals surface area contributed by atoms with Crippen molar-refractivity contribution in [3.63, 3.8) is 0 Å². The minimum absolute atomic E-state index is 0.100. The number of anilines is 1. The van der Waals surface area contributed by atoms with Gasteiger partial charge in [0.2, 0.25) is 15.9 Å². The molecule has 0 aliphatic carbocycles. The topological polar surface area (TPSA) is 84.9 Å². The van der Waals surface area contributed by atoms with Crippen LogP contribution in [0.25, 0.3) is 0 Å². The van der Waals surface area contributed by atoms with E-state index < -0.39 is 39.6 Å². The van der Waals surface area contributed by atoms with Crippen LogP contribution in [0, 0.1) is 11.6 Å². The molecule has 0 spiro atoms. The molecule has 0 heterocycles. The van der Waals surface area contributed by atoms with Crippen LogP contribution >= 0.6 is 0 Å². The summed E-state index contributed by atoms with van der Waals surface area (Å²) in [5.41, 5.74) is -0.156. The van der Waals surface area contributed by atoms with Gasteiger partial charge in [0.15, 0.2) is 23.1 Å². The summed E-state index contributed by atoms with van der Waals surface area (Å²) in [5.74, 6) is -1.93. The summed E-state index contributed by atoms with van der Waals surface area (Å²) in [6.45, 7) is 3.14. The van der Waals surface area contributed by atoms with Gasteiger partial charge in [0.05, 0.1) is 25.1 Å². The smallest absolute Gasteiger partial charge is 0.243 e. The lowest BCUT2D eigenvalue weighted by Gasteiger charge is -2.29. The number of hydrogen-bond acceptors (Lipinski definition) is 5. The Morgan fingerprint density at radius 2 is 1.73 bits per heavy atom. The highest BCUT2D eigenvalue weighted by Gasteiger charge is 2.30. The third-order valence-electron chi connectivity index (χ3n) is 4.19. The second kappa shape index (κ2) is 9.75. The molecule has 0 fully saturated rings. The van der Waals surface area contributed by atoms with Crippen LogP contribution in [-0.4, -0.2) is 46.4 Å². The van der Waals surface area contributed by atoms with Crippen molar-refractivity contribution >= 4 is 21.6 Å². The normalized spacial score (nSPS) is 13.3. The summed E-state index contributed by atoms with van der Waals surface area (Å²) >= 11 is 0. The van der Waals surface area contributed by atoms with E-state index in [4.69, 9.17) is 9.47 Å². The fraction of sp³-hybridized carbons (Fsp3) is 0.350. The summed E-state index contributed by atoms with van der Waals surface area (Å²) in [6, 6.07) is 7.95. The van der Waals surface area contributed by atoms with Crippen LogP contribution in [0.1, 0.15) is 13.8 Å². The van der Waals surface area contributed by atoms with E-state index in [1.807, 2.05) is 0 Å². The molecule has 164 valence electrons. The zero-order chi connectivity index (χ0) is 22.5. The van der Waals surface area contributed by atoms with Crippen LogP contribution in [0.3, 0.4) is 0 Å². The summed E-state index contributed by atoms with van der Waals surface area (Å²) in [7, 11) is -2.45. The lowest BCUT2D eigenvalue weighted by molar-refractivity contribution is -0.122.